The van der Waals surface area contributed by atoms with Gasteiger partial charge >= 0.3 is 0 Å². The van der Waals surface area contributed by atoms with Crippen LogP contribution in [0.25, 0.3) is 0 Å². The lowest BCUT2D eigenvalue weighted by Crippen LogP contribution is -2.31. The first-order valence-electron chi connectivity index (χ1n) is 6.44. The summed E-state index contributed by atoms with van der Waals surface area (Å²) in [6.07, 6.45) is 2.25. The van der Waals surface area contributed by atoms with Gasteiger partial charge in [0, 0.05) is 30.2 Å². The molecule has 1 aromatic carbocycles. The highest BCUT2D eigenvalue weighted by molar-refractivity contribution is 7.10. The summed E-state index contributed by atoms with van der Waals surface area (Å²) in [4.78, 5) is 4.10. The SMILES string of the molecule is Nc1ccccc1CCN1CCc2sccc2C1. The normalized spacial score (nSPS) is 15.6. The summed E-state index contributed by atoms with van der Waals surface area (Å²) in [6.45, 7) is 3.38. The van der Waals surface area contributed by atoms with Crippen molar-refractivity contribution < 1.29 is 0 Å². The second-order valence-corrected chi connectivity index (χ2v) is 5.84. The van der Waals surface area contributed by atoms with Crippen molar-refractivity contribution in [2.75, 3.05) is 18.8 Å². The van der Waals surface area contributed by atoms with E-state index in [2.05, 4.69) is 28.5 Å². The van der Waals surface area contributed by atoms with Gasteiger partial charge in [-0.15, -0.1) is 11.3 Å². The van der Waals surface area contributed by atoms with E-state index in [1.165, 1.54) is 24.1 Å². The van der Waals surface area contributed by atoms with E-state index < -0.39 is 0 Å². The van der Waals surface area contributed by atoms with E-state index in [9.17, 15) is 0 Å². The number of nitrogens with zero attached hydrogens (tertiary/aromatic N) is 1. The van der Waals surface area contributed by atoms with E-state index >= 15 is 0 Å². The minimum atomic E-state index is 0.922. The number of fused-ring (bicyclic) bond motifs is 1. The Balaban J connectivity index is 1.61. The third kappa shape index (κ3) is 2.42. The second-order valence-electron chi connectivity index (χ2n) is 4.84. The number of anilines is 1. The summed E-state index contributed by atoms with van der Waals surface area (Å²) < 4.78 is 0. The molecule has 2 aromatic rings. The molecule has 0 saturated carbocycles. The van der Waals surface area contributed by atoms with Crippen molar-refractivity contribution in [3.63, 3.8) is 0 Å². The third-order valence-corrected chi connectivity index (χ3v) is 4.66. The Morgan fingerprint density at radius 2 is 2.11 bits per heavy atom. The quantitative estimate of drug-likeness (QED) is 0.858. The van der Waals surface area contributed by atoms with Crippen LogP contribution < -0.4 is 5.73 Å². The van der Waals surface area contributed by atoms with Gasteiger partial charge in [0.2, 0.25) is 0 Å². The maximum Gasteiger partial charge on any atom is 0.0347 e. The van der Waals surface area contributed by atoms with Gasteiger partial charge in [0.05, 0.1) is 0 Å². The Labute approximate surface area is 112 Å². The van der Waals surface area contributed by atoms with E-state index in [4.69, 9.17) is 5.73 Å². The Kier molecular flexibility index (Phi) is 3.35. The summed E-state index contributed by atoms with van der Waals surface area (Å²) in [5.74, 6) is 0. The van der Waals surface area contributed by atoms with Crippen molar-refractivity contribution in [3.8, 4) is 0 Å². The van der Waals surface area contributed by atoms with Crippen molar-refractivity contribution in [2.24, 2.45) is 0 Å². The number of hydrogen-bond acceptors (Lipinski definition) is 3. The van der Waals surface area contributed by atoms with Crippen LogP contribution in [0.1, 0.15) is 16.0 Å². The predicted octanol–water partition coefficient (Wildman–Crippen LogP) is 2.93. The number of rotatable bonds is 3. The highest BCUT2D eigenvalue weighted by atomic mass is 32.1. The van der Waals surface area contributed by atoms with Gasteiger partial charge in [-0.25, -0.2) is 0 Å². The van der Waals surface area contributed by atoms with Crippen LogP contribution in [0, 0.1) is 0 Å². The van der Waals surface area contributed by atoms with Crippen LogP contribution in [0.5, 0.6) is 0 Å². The third-order valence-electron chi connectivity index (χ3n) is 3.64. The second kappa shape index (κ2) is 5.12. The van der Waals surface area contributed by atoms with Gasteiger partial charge in [-0.05, 0) is 41.5 Å². The van der Waals surface area contributed by atoms with E-state index in [1.807, 2.05) is 23.5 Å². The summed E-state index contributed by atoms with van der Waals surface area (Å²) in [6, 6.07) is 10.5. The first kappa shape index (κ1) is 11.8. The summed E-state index contributed by atoms with van der Waals surface area (Å²) in [5.41, 5.74) is 9.69. The first-order chi connectivity index (χ1) is 8.83. The van der Waals surface area contributed by atoms with Crippen molar-refractivity contribution in [2.45, 2.75) is 19.4 Å². The number of thiophene rings is 1. The molecule has 0 spiro atoms. The molecule has 1 aliphatic rings. The number of nitrogens with two attached hydrogens (primary N) is 1. The van der Waals surface area contributed by atoms with Gasteiger partial charge in [0.15, 0.2) is 0 Å². The van der Waals surface area contributed by atoms with Crippen molar-refractivity contribution in [1.29, 1.82) is 0 Å². The molecule has 0 saturated heterocycles. The Morgan fingerprint density at radius 1 is 1.22 bits per heavy atom. The van der Waals surface area contributed by atoms with Crippen LogP contribution in [-0.2, 0) is 19.4 Å². The molecule has 0 fully saturated rings. The van der Waals surface area contributed by atoms with Gasteiger partial charge < -0.3 is 5.73 Å². The topological polar surface area (TPSA) is 29.3 Å². The molecule has 0 aliphatic carbocycles. The van der Waals surface area contributed by atoms with E-state index in [1.54, 1.807) is 4.88 Å². The van der Waals surface area contributed by atoms with E-state index in [0.29, 0.717) is 0 Å². The molecule has 1 aliphatic heterocycles. The highest BCUT2D eigenvalue weighted by Crippen LogP contribution is 2.24. The lowest BCUT2D eigenvalue weighted by molar-refractivity contribution is 0.259. The fraction of sp³-hybridized carbons (Fsp3) is 0.333. The smallest absolute Gasteiger partial charge is 0.0347 e. The molecule has 2 heterocycles. The summed E-state index contributed by atoms with van der Waals surface area (Å²) in [5, 5.41) is 2.21. The zero-order chi connectivity index (χ0) is 12.4. The van der Waals surface area contributed by atoms with E-state index in [-0.39, 0.29) is 0 Å². The Hall–Kier alpha value is -1.32. The average molecular weight is 258 g/mol. The molecule has 0 bridgehead atoms. The molecule has 0 unspecified atom stereocenters. The van der Waals surface area contributed by atoms with Gasteiger partial charge in [-0.2, -0.15) is 0 Å². The van der Waals surface area contributed by atoms with Crippen molar-refractivity contribution in [3.05, 3.63) is 51.7 Å². The Morgan fingerprint density at radius 3 is 3.00 bits per heavy atom. The summed E-state index contributed by atoms with van der Waals surface area (Å²) in [7, 11) is 0. The standard InChI is InChI=1S/C15H18N2S/c16-14-4-2-1-3-12(14)5-8-17-9-6-15-13(11-17)7-10-18-15/h1-4,7,10H,5-6,8-9,11,16H2. The fourth-order valence-electron chi connectivity index (χ4n) is 2.54. The molecule has 3 rings (SSSR count). The minimum absolute atomic E-state index is 0.922. The molecule has 0 radical (unpaired) electrons. The molecule has 0 amide bonds. The molecule has 2 N–H and O–H groups in total. The molecule has 3 heteroatoms. The molecule has 2 nitrogen and oxygen atoms in total. The van der Waals surface area contributed by atoms with Crippen LogP contribution in [0.3, 0.4) is 0 Å². The zero-order valence-electron chi connectivity index (χ0n) is 10.4. The highest BCUT2D eigenvalue weighted by Gasteiger charge is 2.16. The molecule has 0 atom stereocenters. The van der Waals surface area contributed by atoms with Crippen LogP contribution in [0.4, 0.5) is 5.69 Å². The van der Waals surface area contributed by atoms with Crippen LogP contribution in [0.2, 0.25) is 0 Å². The van der Waals surface area contributed by atoms with Crippen LogP contribution >= 0.6 is 11.3 Å². The van der Waals surface area contributed by atoms with Gasteiger partial charge in [0.25, 0.3) is 0 Å². The Bertz CT molecular complexity index is 533. The maximum absolute atomic E-state index is 5.98. The lowest BCUT2D eigenvalue weighted by Gasteiger charge is -2.26. The number of benzene rings is 1. The fourth-order valence-corrected chi connectivity index (χ4v) is 3.43. The average Bonchev–Trinajstić information content (AvgIpc) is 2.85. The monoisotopic (exact) mass is 258 g/mol. The van der Waals surface area contributed by atoms with Crippen molar-refractivity contribution in [1.82, 2.24) is 4.90 Å². The molecule has 1 aromatic heterocycles. The van der Waals surface area contributed by atoms with Gasteiger partial charge in [-0.1, -0.05) is 18.2 Å². The molecular weight excluding hydrogens is 240 g/mol. The van der Waals surface area contributed by atoms with Crippen LogP contribution in [-0.4, -0.2) is 18.0 Å². The van der Waals surface area contributed by atoms with Crippen LogP contribution in [0.15, 0.2) is 35.7 Å². The largest absolute Gasteiger partial charge is 0.399 e. The van der Waals surface area contributed by atoms with E-state index in [0.717, 1.165) is 25.2 Å². The molecular formula is C15H18N2S. The number of para-hydroxylation sites is 1. The predicted molar refractivity (Wildman–Crippen MR) is 77.9 cm³/mol. The van der Waals surface area contributed by atoms with Gasteiger partial charge in [-0.3, -0.25) is 4.90 Å². The molecule has 94 valence electrons. The van der Waals surface area contributed by atoms with Gasteiger partial charge in [0.1, 0.15) is 0 Å². The first-order valence-corrected chi connectivity index (χ1v) is 7.32. The number of hydrogen-bond donors (Lipinski definition) is 1. The number of nitrogen functional groups attached to an aromatic ring is 1. The summed E-state index contributed by atoms with van der Waals surface area (Å²) >= 11 is 1.90. The maximum atomic E-state index is 5.98. The minimum Gasteiger partial charge on any atom is -0.399 e. The zero-order valence-corrected chi connectivity index (χ0v) is 11.2. The lowest BCUT2D eigenvalue weighted by atomic mass is 10.1. The van der Waals surface area contributed by atoms with Crippen molar-refractivity contribution >= 4 is 17.0 Å². The molecule has 18 heavy (non-hydrogen) atoms.